The summed E-state index contributed by atoms with van der Waals surface area (Å²) in [7, 11) is 0. The highest BCUT2D eigenvalue weighted by Crippen LogP contribution is 2.25. The van der Waals surface area contributed by atoms with E-state index in [0.717, 1.165) is 47.1 Å². The Morgan fingerprint density at radius 2 is 1.53 bits per heavy atom. The molecule has 43 heavy (non-hydrogen) atoms. The van der Waals surface area contributed by atoms with Crippen molar-refractivity contribution in [1.29, 1.82) is 0 Å². The first-order valence-corrected chi connectivity index (χ1v) is 16.6. The Kier molecular flexibility index (Phi) is 13.6. The first-order chi connectivity index (χ1) is 21.2. The van der Waals surface area contributed by atoms with Gasteiger partial charge in [-0.1, -0.05) is 114 Å². The van der Waals surface area contributed by atoms with Crippen molar-refractivity contribution < 1.29 is 9.53 Å². The lowest BCUT2D eigenvalue weighted by Gasteiger charge is -2.23. The van der Waals surface area contributed by atoms with Crippen molar-refractivity contribution in [3.63, 3.8) is 0 Å². The second-order valence-electron chi connectivity index (χ2n) is 11.7. The summed E-state index contributed by atoms with van der Waals surface area (Å²) in [5, 5.41) is 0. The topological polar surface area (TPSA) is 45.1 Å². The largest absolute Gasteiger partial charge is 0.494 e. The summed E-state index contributed by atoms with van der Waals surface area (Å²) in [6.07, 6.45) is 28.3. The van der Waals surface area contributed by atoms with E-state index < -0.39 is 0 Å². The number of ether oxygens (including phenoxy) is 1. The van der Waals surface area contributed by atoms with Gasteiger partial charge >= 0.3 is 0 Å². The Balaban J connectivity index is 1.19. The van der Waals surface area contributed by atoms with Gasteiger partial charge in [-0.15, -0.1) is 0 Å². The molecule has 0 N–H and O–H groups in total. The summed E-state index contributed by atoms with van der Waals surface area (Å²) in [6, 6.07) is 16.4. The van der Waals surface area contributed by atoms with Gasteiger partial charge in [0.1, 0.15) is 5.75 Å². The lowest BCUT2D eigenvalue weighted by Crippen LogP contribution is -2.30. The third-order valence-electron chi connectivity index (χ3n) is 8.16. The minimum Gasteiger partial charge on any atom is -0.494 e. The van der Waals surface area contributed by atoms with Crippen molar-refractivity contribution in [2.75, 3.05) is 11.5 Å². The van der Waals surface area contributed by atoms with Crippen LogP contribution in [0, 0.1) is 6.20 Å². The van der Waals surface area contributed by atoms with Gasteiger partial charge in [-0.05, 0) is 54.0 Å². The molecule has 228 valence electrons. The standard InChI is InChI=1S/C38H50N3O2/c1-3-5-6-7-8-9-10-11-12-13-14-17-27-43-36-24-22-32(23-25-36)31-41(38(42)4-2)34-21-18-19-33(28-34)29-37-39-30-35-20-15-16-26-40(35)37/h15-16,18-26,28H,3-14,17,27,29,31H2,1-2H3/q+1. The molecular formula is C38H50N3O2+. The highest BCUT2D eigenvalue weighted by atomic mass is 16.5. The molecule has 2 aromatic carbocycles. The SMILES string of the molecule is CCCCCCCCCCCCCCOc1ccc(CN(C(=O)CC)c2cccc(CC3=N[C+]=C4C=CC=CN43)c2)cc1. The van der Waals surface area contributed by atoms with E-state index in [1.54, 1.807) is 0 Å². The molecule has 1 amide bonds. The molecule has 4 rings (SSSR count). The van der Waals surface area contributed by atoms with Crippen LogP contribution in [0.15, 0.2) is 83.6 Å². The molecule has 2 aromatic rings. The van der Waals surface area contributed by atoms with Gasteiger partial charge in [-0.25, -0.2) is 4.90 Å². The van der Waals surface area contributed by atoms with Crippen molar-refractivity contribution in [1.82, 2.24) is 4.90 Å². The number of hydrogen-bond donors (Lipinski definition) is 0. The number of anilines is 1. The molecule has 0 fully saturated rings. The third kappa shape index (κ3) is 10.5. The molecule has 2 aliphatic rings. The first kappa shape index (κ1) is 32.2. The second-order valence-corrected chi connectivity index (χ2v) is 11.7. The van der Waals surface area contributed by atoms with Crippen molar-refractivity contribution in [3.8, 4) is 5.75 Å². The highest BCUT2D eigenvalue weighted by molar-refractivity contribution is 5.94. The number of aliphatic imine (C=N–C) groups is 1. The van der Waals surface area contributed by atoms with Crippen LogP contribution >= 0.6 is 0 Å². The zero-order valence-electron chi connectivity index (χ0n) is 26.4. The molecule has 0 saturated carbocycles. The number of carbonyl (C=O) groups is 1. The summed E-state index contributed by atoms with van der Waals surface area (Å²) in [5.41, 5.74) is 4.05. The second kappa shape index (κ2) is 18.1. The van der Waals surface area contributed by atoms with E-state index in [-0.39, 0.29) is 5.91 Å². The average molecular weight is 581 g/mol. The van der Waals surface area contributed by atoms with Crippen LogP contribution in [0.1, 0.15) is 108 Å². The van der Waals surface area contributed by atoms with Gasteiger partial charge in [-0.2, -0.15) is 0 Å². The lowest BCUT2D eigenvalue weighted by atomic mass is 10.1. The average Bonchev–Trinajstić information content (AvgIpc) is 3.45. The van der Waals surface area contributed by atoms with Crippen LogP contribution in [0.25, 0.3) is 0 Å². The van der Waals surface area contributed by atoms with Gasteiger partial charge in [0.15, 0.2) is 6.20 Å². The fraction of sp³-hybridized carbons (Fsp3) is 0.474. The van der Waals surface area contributed by atoms with Crippen molar-refractivity contribution >= 4 is 17.4 Å². The molecule has 2 aliphatic heterocycles. The molecule has 0 unspecified atom stereocenters. The van der Waals surface area contributed by atoms with Crippen LogP contribution < -0.4 is 9.64 Å². The molecule has 0 saturated heterocycles. The Bertz CT molecular complexity index is 1260. The van der Waals surface area contributed by atoms with Crippen LogP contribution in [0.5, 0.6) is 5.75 Å². The molecule has 5 heteroatoms. The van der Waals surface area contributed by atoms with E-state index in [9.17, 15) is 4.79 Å². The van der Waals surface area contributed by atoms with Gasteiger partial charge in [0.2, 0.25) is 17.4 Å². The van der Waals surface area contributed by atoms with Crippen LogP contribution in [0.4, 0.5) is 5.69 Å². The maximum Gasteiger partial charge on any atom is 0.247 e. The van der Waals surface area contributed by atoms with E-state index in [0.29, 0.717) is 19.4 Å². The Morgan fingerprint density at radius 1 is 0.837 bits per heavy atom. The number of allylic oxidation sites excluding steroid dienone is 3. The van der Waals surface area contributed by atoms with Crippen LogP contribution in [0.2, 0.25) is 0 Å². The van der Waals surface area contributed by atoms with Gasteiger partial charge in [0.25, 0.3) is 0 Å². The van der Waals surface area contributed by atoms with Crippen LogP contribution in [0.3, 0.4) is 0 Å². The third-order valence-corrected chi connectivity index (χ3v) is 8.16. The van der Waals surface area contributed by atoms with Gasteiger partial charge in [0, 0.05) is 18.3 Å². The number of nitrogens with zero attached hydrogens (tertiary/aromatic N) is 3. The first-order valence-electron chi connectivity index (χ1n) is 16.6. The van der Waals surface area contributed by atoms with E-state index >= 15 is 0 Å². The van der Waals surface area contributed by atoms with Gasteiger partial charge in [-0.3, -0.25) is 4.79 Å². The van der Waals surface area contributed by atoms with E-state index in [1.807, 2.05) is 60.5 Å². The molecular weight excluding hydrogens is 530 g/mol. The smallest absolute Gasteiger partial charge is 0.247 e. The van der Waals surface area contributed by atoms with E-state index in [1.165, 1.54) is 70.6 Å². The summed E-state index contributed by atoms with van der Waals surface area (Å²) >= 11 is 0. The summed E-state index contributed by atoms with van der Waals surface area (Å²) in [6.45, 7) is 5.47. The minimum atomic E-state index is 0.101. The monoisotopic (exact) mass is 580 g/mol. The Morgan fingerprint density at radius 3 is 2.23 bits per heavy atom. The number of hydrogen-bond acceptors (Lipinski definition) is 4. The molecule has 2 heterocycles. The Hall–Kier alpha value is -3.69. The summed E-state index contributed by atoms with van der Waals surface area (Å²) in [5.74, 6) is 1.93. The predicted molar refractivity (Wildman–Crippen MR) is 179 cm³/mol. The number of amidine groups is 1. The molecule has 0 bridgehead atoms. The fourth-order valence-corrected chi connectivity index (χ4v) is 5.60. The quantitative estimate of drug-likeness (QED) is 0.116. The number of amides is 1. The highest BCUT2D eigenvalue weighted by Gasteiger charge is 2.29. The molecule has 0 aromatic heterocycles. The lowest BCUT2D eigenvalue weighted by molar-refractivity contribution is -0.118. The van der Waals surface area contributed by atoms with Gasteiger partial charge in [0.05, 0.1) is 25.6 Å². The summed E-state index contributed by atoms with van der Waals surface area (Å²) < 4.78 is 6.02. The van der Waals surface area contributed by atoms with Crippen LogP contribution in [-0.4, -0.2) is 23.2 Å². The maximum absolute atomic E-state index is 13.0. The summed E-state index contributed by atoms with van der Waals surface area (Å²) in [4.78, 5) is 21.4. The molecule has 0 atom stereocenters. The molecule has 5 nitrogen and oxygen atoms in total. The molecule has 0 spiro atoms. The van der Waals surface area contributed by atoms with Crippen LogP contribution in [-0.2, 0) is 17.8 Å². The number of carbonyl (C=O) groups excluding carboxylic acids is 1. The molecule has 0 aliphatic carbocycles. The zero-order chi connectivity index (χ0) is 30.1. The number of rotatable bonds is 20. The van der Waals surface area contributed by atoms with E-state index in [4.69, 9.17) is 4.74 Å². The van der Waals surface area contributed by atoms with E-state index in [2.05, 4.69) is 47.3 Å². The van der Waals surface area contributed by atoms with Crippen molar-refractivity contribution in [2.24, 2.45) is 4.99 Å². The maximum atomic E-state index is 13.0. The van der Waals surface area contributed by atoms with Gasteiger partial charge < -0.3 is 9.64 Å². The Labute approximate surface area is 260 Å². The van der Waals surface area contributed by atoms with Crippen molar-refractivity contribution in [2.45, 2.75) is 110 Å². The predicted octanol–water partition coefficient (Wildman–Crippen LogP) is 9.69. The van der Waals surface area contributed by atoms with Crippen molar-refractivity contribution in [3.05, 3.63) is 96.0 Å². The fourth-order valence-electron chi connectivity index (χ4n) is 5.60. The number of unbranched alkanes of at least 4 members (excludes halogenated alkanes) is 11. The number of benzene rings is 2. The normalized spacial score (nSPS) is 13.4. The number of fused-ring (bicyclic) bond motifs is 1. The molecule has 0 radical (unpaired) electrons. The minimum absolute atomic E-state index is 0.101. The zero-order valence-corrected chi connectivity index (χ0v) is 26.4.